The summed E-state index contributed by atoms with van der Waals surface area (Å²) in [7, 11) is 0. The van der Waals surface area contributed by atoms with Crippen LogP contribution in [0.1, 0.15) is 60.1 Å². The molecule has 2 aliphatic heterocycles. The molecule has 1 N–H and O–H groups in total. The minimum Gasteiger partial charge on any atom is -0.357 e. The first kappa shape index (κ1) is 22.8. The summed E-state index contributed by atoms with van der Waals surface area (Å²) in [6.07, 6.45) is 6.98. The van der Waals surface area contributed by atoms with E-state index in [0.29, 0.717) is 5.69 Å². The van der Waals surface area contributed by atoms with Gasteiger partial charge in [-0.15, -0.1) is 0 Å². The number of piperidine rings is 1. The van der Waals surface area contributed by atoms with Crippen LogP contribution in [0.4, 0.5) is 5.82 Å². The molecule has 178 valence electrons. The van der Waals surface area contributed by atoms with Gasteiger partial charge in [0.05, 0.1) is 11.0 Å². The fraction of sp³-hybridized carbons (Fsp3) is 0.464. The summed E-state index contributed by atoms with van der Waals surface area (Å²) in [5.74, 6) is 0.932. The van der Waals surface area contributed by atoms with Crippen LogP contribution in [-0.4, -0.2) is 53.0 Å². The Morgan fingerprint density at radius 1 is 0.882 bits per heavy atom. The van der Waals surface area contributed by atoms with E-state index in [2.05, 4.69) is 51.3 Å². The average molecular weight is 458 g/mol. The lowest BCUT2D eigenvalue weighted by atomic mass is 10.0. The molecule has 0 radical (unpaired) electrons. The molecule has 3 aromatic rings. The minimum absolute atomic E-state index is 0.0872. The largest absolute Gasteiger partial charge is 0.357 e. The lowest BCUT2D eigenvalue weighted by Crippen LogP contribution is -2.44. The summed E-state index contributed by atoms with van der Waals surface area (Å²) in [4.78, 5) is 27.2. The van der Waals surface area contributed by atoms with Gasteiger partial charge >= 0.3 is 0 Å². The van der Waals surface area contributed by atoms with Crippen molar-refractivity contribution in [1.82, 2.24) is 20.2 Å². The lowest BCUT2D eigenvalue weighted by Gasteiger charge is -2.32. The third-order valence-corrected chi connectivity index (χ3v) is 7.27. The summed E-state index contributed by atoms with van der Waals surface area (Å²) in [5.41, 5.74) is 4.83. The van der Waals surface area contributed by atoms with Crippen LogP contribution in [0.2, 0.25) is 0 Å². The normalized spacial score (nSPS) is 18.1. The number of rotatable bonds is 5. The maximum atomic E-state index is 12.9. The van der Waals surface area contributed by atoms with E-state index in [-0.39, 0.29) is 11.9 Å². The van der Waals surface area contributed by atoms with E-state index in [4.69, 9.17) is 4.98 Å². The van der Waals surface area contributed by atoms with Crippen molar-refractivity contribution in [2.24, 2.45) is 0 Å². The van der Waals surface area contributed by atoms with Crippen molar-refractivity contribution in [2.45, 2.75) is 58.0 Å². The second-order valence-corrected chi connectivity index (χ2v) is 9.76. The number of aryl methyl sites for hydroxylation is 1. The Morgan fingerprint density at radius 2 is 1.59 bits per heavy atom. The highest BCUT2D eigenvalue weighted by Gasteiger charge is 2.22. The Hall–Kier alpha value is -2.99. The van der Waals surface area contributed by atoms with Crippen LogP contribution >= 0.6 is 0 Å². The second-order valence-electron chi connectivity index (χ2n) is 9.76. The van der Waals surface area contributed by atoms with Gasteiger partial charge in [0, 0.05) is 38.8 Å². The summed E-state index contributed by atoms with van der Waals surface area (Å²) >= 11 is 0. The zero-order valence-electron chi connectivity index (χ0n) is 20.2. The van der Waals surface area contributed by atoms with Gasteiger partial charge in [0.2, 0.25) is 0 Å². The first-order valence-corrected chi connectivity index (χ1v) is 12.8. The number of anilines is 1. The molecule has 0 saturated carbocycles. The number of carbonyl (C=O) groups excluding carboxylic acids is 1. The van der Waals surface area contributed by atoms with E-state index < -0.39 is 0 Å². The fourth-order valence-corrected chi connectivity index (χ4v) is 5.12. The van der Waals surface area contributed by atoms with Gasteiger partial charge in [-0.25, -0.2) is 9.97 Å². The number of carbonyl (C=O) groups is 1. The molecule has 2 saturated heterocycles. The molecule has 2 aliphatic rings. The first-order chi connectivity index (χ1) is 16.7. The number of amides is 1. The van der Waals surface area contributed by atoms with Gasteiger partial charge in [-0.05, 0) is 68.0 Å². The monoisotopic (exact) mass is 457 g/mol. The third-order valence-electron chi connectivity index (χ3n) is 7.27. The number of fused-ring (bicyclic) bond motifs is 1. The van der Waals surface area contributed by atoms with Crippen molar-refractivity contribution in [3.05, 3.63) is 65.4 Å². The molecular weight excluding hydrogens is 422 g/mol. The second kappa shape index (κ2) is 10.5. The Morgan fingerprint density at radius 3 is 2.35 bits per heavy atom. The molecule has 0 aliphatic carbocycles. The van der Waals surface area contributed by atoms with E-state index in [1.807, 2.05) is 24.3 Å². The van der Waals surface area contributed by atoms with Crippen LogP contribution in [0, 0.1) is 6.92 Å². The molecule has 2 fully saturated rings. The topological polar surface area (TPSA) is 61.4 Å². The molecule has 6 heteroatoms. The van der Waals surface area contributed by atoms with Gasteiger partial charge in [0.1, 0.15) is 11.5 Å². The van der Waals surface area contributed by atoms with E-state index in [9.17, 15) is 4.79 Å². The SMILES string of the molecule is Cc1ccccc1CN1CCC(NC(=O)c2ccc3nc(N4CCCCCC4)ccc3n2)CC1. The van der Waals surface area contributed by atoms with E-state index in [1.54, 1.807) is 0 Å². The molecule has 4 heterocycles. The molecule has 5 rings (SSSR count). The molecule has 0 atom stereocenters. The number of pyridine rings is 2. The molecular formula is C28H35N5O. The zero-order valence-corrected chi connectivity index (χ0v) is 20.2. The van der Waals surface area contributed by atoms with Crippen LogP contribution in [0.5, 0.6) is 0 Å². The highest BCUT2D eigenvalue weighted by atomic mass is 16.1. The van der Waals surface area contributed by atoms with E-state index in [1.165, 1.54) is 36.8 Å². The van der Waals surface area contributed by atoms with Crippen molar-refractivity contribution in [3.8, 4) is 0 Å². The Labute approximate surface area is 202 Å². The van der Waals surface area contributed by atoms with Crippen molar-refractivity contribution in [1.29, 1.82) is 0 Å². The maximum Gasteiger partial charge on any atom is 0.270 e. The van der Waals surface area contributed by atoms with Crippen LogP contribution in [0.15, 0.2) is 48.5 Å². The van der Waals surface area contributed by atoms with Crippen molar-refractivity contribution >= 4 is 22.8 Å². The first-order valence-electron chi connectivity index (χ1n) is 12.8. The van der Waals surface area contributed by atoms with E-state index in [0.717, 1.165) is 62.4 Å². The van der Waals surface area contributed by atoms with Crippen LogP contribution in [0.25, 0.3) is 11.0 Å². The number of hydrogen-bond acceptors (Lipinski definition) is 5. The van der Waals surface area contributed by atoms with Gasteiger partial charge in [-0.3, -0.25) is 9.69 Å². The summed E-state index contributed by atoms with van der Waals surface area (Å²) in [6.45, 7) is 7.27. The van der Waals surface area contributed by atoms with Gasteiger partial charge in [-0.1, -0.05) is 37.1 Å². The standard InChI is InChI=1S/C28H35N5O/c1-21-8-4-5-9-22(21)20-32-18-14-23(15-19-32)29-28(34)26-11-10-25-24(30-26)12-13-27(31-25)33-16-6-2-3-7-17-33/h4-5,8-13,23H,2-3,6-7,14-20H2,1H3,(H,29,34). The lowest BCUT2D eigenvalue weighted by molar-refractivity contribution is 0.0904. The predicted octanol–water partition coefficient (Wildman–Crippen LogP) is 4.71. The minimum atomic E-state index is -0.0872. The highest BCUT2D eigenvalue weighted by molar-refractivity contribution is 5.94. The summed E-state index contributed by atoms with van der Waals surface area (Å²) in [6, 6.07) is 16.6. The number of nitrogens with one attached hydrogen (secondary N) is 1. The molecule has 0 spiro atoms. The van der Waals surface area contributed by atoms with Gasteiger partial charge in [0.15, 0.2) is 0 Å². The zero-order chi connectivity index (χ0) is 23.3. The fourth-order valence-electron chi connectivity index (χ4n) is 5.12. The molecule has 34 heavy (non-hydrogen) atoms. The maximum absolute atomic E-state index is 12.9. The number of aromatic nitrogens is 2. The highest BCUT2D eigenvalue weighted by Crippen LogP contribution is 2.21. The number of likely N-dealkylation sites (tertiary alicyclic amines) is 1. The Bertz CT molecular complexity index is 1130. The number of hydrogen-bond donors (Lipinski definition) is 1. The van der Waals surface area contributed by atoms with Crippen LogP contribution < -0.4 is 10.2 Å². The van der Waals surface area contributed by atoms with Crippen LogP contribution in [-0.2, 0) is 6.54 Å². The Balaban J connectivity index is 1.17. The summed E-state index contributed by atoms with van der Waals surface area (Å²) in [5, 5.41) is 3.21. The molecule has 2 aromatic heterocycles. The number of nitrogens with zero attached hydrogens (tertiary/aromatic N) is 4. The molecule has 0 unspecified atom stereocenters. The third kappa shape index (κ3) is 5.39. The molecule has 1 aromatic carbocycles. The molecule has 6 nitrogen and oxygen atoms in total. The van der Waals surface area contributed by atoms with Gasteiger partial charge in [-0.2, -0.15) is 0 Å². The summed E-state index contributed by atoms with van der Waals surface area (Å²) < 4.78 is 0. The van der Waals surface area contributed by atoms with Crippen LogP contribution in [0.3, 0.4) is 0 Å². The van der Waals surface area contributed by atoms with Crippen molar-refractivity contribution in [3.63, 3.8) is 0 Å². The molecule has 0 bridgehead atoms. The van der Waals surface area contributed by atoms with Gasteiger partial charge < -0.3 is 10.2 Å². The average Bonchev–Trinajstić information content (AvgIpc) is 3.16. The van der Waals surface area contributed by atoms with Crippen molar-refractivity contribution in [2.75, 3.05) is 31.1 Å². The Kier molecular flexibility index (Phi) is 7.05. The van der Waals surface area contributed by atoms with E-state index >= 15 is 0 Å². The van der Waals surface area contributed by atoms with Gasteiger partial charge in [0.25, 0.3) is 5.91 Å². The predicted molar refractivity (Wildman–Crippen MR) is 137 cm³/mol. The molecule has 1 amide bonds. The van der Waals surface area contributed by atoms with Crippen molar-refractivity contribution < 1.29 is 4.79 Å². The number of benzene rings is 1. The quantitative estimate of drug-likeness (QED) is 0.601. The smallest absolute Gasteiger partial charge is 0.270 e.